The van der Waals surface area contributed by atoms with Crippen LogP contribution in [0.1, 0.15) is 18.4 Å². The molecule has 23 heavy (non-hydrogen) atoms. The van der Waals surface area contributed by atoms with Gasteiger partial charge < -0.3 is 10.6 Å². The van der Waals surface area contributed by atoms with E-state index in [1.165, 1.54) is 0 Å². The van der Waals surface area contributed by atoms with Gasteiger partial charge in [-0.1, -0.05) is 30.3 Å². The lowest BCUT2D eigenvalue weighted by atomic mass is 10.1. The number of carbonyl (C=O) groups excluding carboxylic acids is 1. The molecule has 1 aromatic rings. The summed E-state index contributed by atoms with van der Waals surface area (Å²) in [4.78, 5) is 13.7. The minimum Gasteiger partial charge on any atom is -0.341 e. The van der Waals surface area contributed by atoms with Crippen molar-refractivity contribution < 1.29 is 13.2 Å². The fourth-order valence-electron chi connectivity index (χ4n) is 2.74. The zero-order valence-electron chi connectivity index (χ0n) is 13.2. The lowest BCUT2D eigenvalue weighted by Crippen LogP contribution is -2.35. The molecule has 0 aliphatic carbocycles. The Kier molecular flexibility index (Phi) is 8.02. The Morgan fingerprint density at radius 1 is 1.26 bits per heavy atom. The van der Waals surface area contributed by atoms with E-state index in [1.54, 1.807) is 4.90 Å². The first kappa shape index (κ1) is 19.9. The number of aryl methyl sites for hydroxylation is 1. The van der Waals surface area contributed by atoms with Gasteiger partial charge in [0.2, 0.25) is 5.91 Å². The first-order chi connectivity index (χ1) is 10.5. The number of rotatable bonds is 7. The number of hydrogen-bond donors (Lipinski definition) is 1. The summed E-state index contributed by atoms with van der Waals surface area (Å²) in [5, 5.41) is 0. The van der Waals surface area contributed by atoms with E-state index in [4.69, 9.17) is 5.73 Å². The average Bonchev–Trinajstić information content (AvgIpc) is 2.97. The first-order valence-corrected chi connectivity index (χ1v) is 9.54. The molecule has 1 atom stereocenters. The third-order valence-electron chi connectivity index (χ3n) is 4.08. The van der Waals surface area contributed by atoms with Gasteiger partial charge in [-0.15, -0.1) is 12.4 Å². The van der Waals surface area contributed by atoms with Crippen molar-refractivity contribution in [2.45, 2.75) is 19.3 Å². The fraction of sp³-hybridized carbons (Fsp3) is 0.562. The van der Waals surface area contributed by atoms with Crippen LogP contribution in [0, 0.1) is 5.92 Å². The molecule has 0 aromatic heterocycles. The fourth-order valence-corrected chi connectivity index (χ4v) is 4.03. The molecule has 1 saturated heterocycles. The zero-order valence-corrected chi connectivity index (χ0v) is 14.8. The third-order valence-corrected chi connectivity index (χ3v) is 5.68. The van der Waals surface area contributed by atoms with Crippen LogP contribution in [0.15, 0.2) is 30.3 Å². The first-order valence-electron chi connectivity index (χ1n) is 7.72. The van der Waals surface area contributed by atoms with E-state index < -0.39 is 9.84 Å². The predicted octanol–water partition coefficient (Wildman–Crippen LogP) is 1.26. The normalized spacial score (nSPS) is 17.8. The van der Waals surface area contributed by atoms with Crippen LogP contribution in [0.3, 0.4) is 0 Å². The van der Waals surface area contributed by atoms with Crippen molar-refractivity contribution in [3.8, 4) is 0 Å². The molecule has 0 radical (unpaired) electrons. The van der Waals surface area contributed by atoms with Gasteiger partial charge in [-0.2, -0.15) is 0 Å². The summed E-state index contributed by atoms with van der Waals surface area (Å²) in [6.07, 6.45) is 2.13. The number of hydrogen-bond acceptors (Lipinski definition) is 4. The number of nitrogens with two attached hydrogens (primary N) is 1. The average molecular weight is 361 g/mol. The standard InChI is InChI=1S/C16H24N2O3S.ClH/c17-11-15-8-9-18(12-15)16(19)13-22(20,21)10-4-7-14-5-2-1-3-6-14;/h1-3,5-6,15H,4,7-13,17H2;1H. The zero-order chi connectivity index (χ0) is 16.0. The Morgan fingerprint density at radius 3 is 2.57 bits per heavy atom. The summed E-state index contributed by atoms with van der Waals surface area (Å²) in [7, 11) is -3.34. The molecular weight excluding hydrogens is 336 g/mol. The number of halogens is 1. The smallest absolute Gasteiger partial charge is 0.237 e. The monoisotopic (exact) mass is 360 g/mol. The minimum atomic E-state index is -3.34. The predicted molar refractivity (Wildman–Crippen MR) is 94.4 cm³/mol. The number of nitrogens with zero attached hydrogens (tertiary/aromatic N) is 1. The van der Waals surface area contributed by atoms with E-state index in [2.05, 4.69) is 0 Å². The molecule has 0 spiro atoms. The van der Waals surface area contributed by atoms with Gasteiger partial charge in [0.25, 0.3) is 0 Å². The van der Waals surface area contributed by atoms with Crippen LogP contribution in [0.25, 0.3) is 0 Å². The van der Waals surface area contributed by atoms with E-state index in [0.29, 0.717) is 38.4 Å². The SMILES string of the molecule is Cl.NCC1CCN(C(=O)CS(=O)(=O)CCCc2ccccc2)C1. The van der Waals surface area contributed by atoms with E-state index in [-0.39, 0.29) is 29.8 Å². The largest absolute Gasteiger partial charge is 0.341 e. The Hall–Kier alpha value is -1.11. The second kappa shape index (κ2) is 9.25. The molecule has 0 bridgehead atoms. The van der Waals surface area contributed by atoms with E-state index >= 15 is 0 Å². The molecule has 1 fully saturated rings. The third kappa shape index (κ3) is 6.49. The van der Waals surface area contributed by atoms with Gasteiger partial charge >= 0.3 is 0 Å². The highest BCUT2D eigenvalue weighted by atomic mass is 35.5. The van der Waals surface area contributed by atoms with Crippen LogP contribution in [-0.2, 0) is 21.1 Å². The van der Waals surface area contributed by atoms with Gasteiger partial charge in [-0.3, -0.25) is 4.79 Å². The van der Waals surface area contributed by atoms with Crippen molar-refractivity contribution in [1.82, 2.24) is 4.90 Å². The number of benzene rings is 1. The van der Waals surface area contributed by atoms with Crippen LogP contribution in [0.4, 0.5) is 0 Å². The second-order valence-corrected chi connectivity index (χ2v) is 8.10. The summed E-state index contributed by atoms with van der Waals surface area (Å²) in [5.41, 5.74) is 6.71. The highest BCUT2D eigenvalue weighted by molar-refractivity contribution is 7.92. The van der Waals surface area contributed by atoms with Crippen LogP contribution >= 0.6 is 12.4 Å². The maximum Gasteiger partial charge on any atom is 0.237 e. The highest BCUT2D eigenvalue weighted by Gasteiger charge is 2.28. The van der Waals surface area contributed by atoms with E-state index in [9.17, 15) is 13.2 Å². The summed E-state index contributed by atoms with van der Waals surface area (Å²) < 4.78 is 24.1. The van der Waals surface area contributed by atoms with Crippen molar-refractivity contribution >= 4 is 28.2 Å². The number of sulfone groups is 1. The molecular formula is C16H25ClN2O3S. The van der Waals surface area contributed by atoms with Gasteiger partial charge in [-0.25, -0.2) is 8.42 Å². The van der Waals surface area contributed by atoms with Crippen molar-refractivity contribution in [1.29, 1.82) is 0 Å². The van der Waals surface area contributed by atoms with Crippen molar-refractivity contribution in [2.24, 2.45) is 11.7 Å². The molecule has 1 unspecified atom stereocenters. The number of carbonyl (C=O) groups is 1. The van der Waals surface area contributed by atoms with Gasteiger partial charge in [0.1, 0.15) is 5.75 Å². The maximum atomic E-state index is 12.1. The number of amides is 1. The van der Waals surface area contributed by atoms with Crippen LogP contribution in [0.5, 0.6) is 0 Å². The lowest BCUT2D eigenvalue weighted by Gasteiger charge is -2.16. The van der Waals surface area contributed by atoms with Crippen LogP contribution in [0.2, 0.25) is 0 Å². The second-order valence-electron chi connectivity index (χ2n) is 5.91. The topological polar surface area (TPSA) is 80.5 Å². The van der Waals surface area contributed by atoms with E-state index in [0.717, 1.165) is 12.0 Å². The minimum absolute atomic E-state index is 0. The van der Waals surface area contributed by atoms with Gasteiger partial charge in [-0.05, 0) is 37.3 Å². The Labute approximate surface area is 144 Å². The molecule has 5 nitrogen and oxygen atoms in total. The maximum absolute atomic E-state index is 12.1. The van der Waals surface area contributed by atoms with Gasteiger partial charge in [0.05, 0.1) is 5.75 Å². The Morgan fingerprint density at radius 2 is 1.96 bits per heavy atom. The van der Waals surface area contributed by atoms with Crippen molar-refractivity contribution in [2.75, 3.05) is 31.1 Å². The Bertz CT molecular complexity index is 593. The highest BCUT2D eigenvalue weighted by Crippen LogP contribution is 2.15. The van der Waals surface area contributed by atoms with Crippen molar-refractivity contribution in [3.05, 3.63) is 35.9 Å². The summed E-state index contributed by atoms with van der Waals surface area (Å²) in [6.45, 7) is 1.77. The van der Waals surface area contributed by atoms with Gasteiger partial charge in [0.15, 0.2) is 9.84 Å². The van der Waals surface area contributed by atoms with Crippen LogP contribution < -0.4 is 5.73 Å². The molecule has 0 saturated carbocycles. The molecule has 1 aliphatic heterocycles. The molecule has 130 valence electrons. The van der Waals surface area contributed by atoms with Gasteiger partial charge in [0, 0.05) is 13.1 Å². The van der Waals surface area contributed by atoms with Crippen molar-refractivity contribution in [3.63, 3.8) is 0 Å². The molecule has 2 N–H and O–H groups in total. The van der Waals surface area contributed by atoms with E-state index in [1.807, 2.05) is 30.3 Å². The summed E-state index contributed by atoms with van der Waals surface area (Å²) in [6, 6.07) is 9.77. The number of likely N-dealkylation sites (tertiary alicyclic amines) is 1. The molecule has 7 heteroatoms. The lowest BCUT2D eigenvalue weighted by molar-refractivity contribution is -0.127. The molecule has 1 aromatic carbocycles. The van der Waals surface area contributed by atoms with Crippen LogP contribution in [-0.4, -0.2) is 50.4 Å². The molecule has 1 amide bonds. The molecule has 2 rings (SSSR count). The summed E-state index contributed by atoms with van der Waals surface area (Å²) in [5.74, 6) is -0.290. The molecule has 1 heterocycles. The summed E-state index contributed by atoms with van der Waals surface area (Å²) >= 11 is 0. The molecule has 1 aliphatic rings. The Balaban J connectivity index is 0.00000264. The quantitative estimate of drug-likeness (QED) is 0.793.